The minimum atomic E-state index is -0.0720. The van der Waals surface area contributed by atoms with Crippen LogP contribution in [0.5, 0.6) is 0 Å². The summed E-state index contributed by atoms with van der Waals surface area (Å²) in [5.74, 6) is 2.12. The Bertz CT molecular complexity index is 436. The van der Waals surface area contributed by atoms with Gasteiger partial charge in [0.05, 0.1) is 11.9 Å². The minimum Gasteiger partial charge on any atom is -0.379 e. The maximum atomic E-state index is 12.0. The second-order valence-corrected chi connectivity index (χ2v) is 6.22. The number of halogens is 1. The van der Waals surface area contributed by atoms with Gasteiger partial charge in [-0.15, -0.1) is 0 Å². The Labute approximate surface area is 121 Å². The molecule has 4 nitrogen and oxygen atoms in total. The van der Waals surface area contributed by atoms with Crippen LogP contribution < -0.4 is 10.9 Å². The lowest BCUT2D eigenvalue weighted by Gasteiger charge is -2.15. The molecule has 0 bridgehead atoms. The number of nitrogens with zero attached hydrogens (tertiary/aromatic N) is 2. The number of hydrogen-bond acceptors (Lipinski definition) is 4. The molecule has 0 spiro atoms. The highest BCUT2D eigenvalue weighted by Crippen LogP contribution is 2.18. The molecule has 1 aromatic heterocycles. The van der Waals surface area contributed by atoms with Gasteiger partial charge in [0.1, 0.15) is 4.47 Å². The van der Waals surface area contributed by atoms with Crippen LogP contribution >= 0.6 is 27.7 Å². The number of aryl methyl sites for hydroxylation is 1. The van der Waals surface area contributed by atoms with Crippen molar-refractivity contribution in [3.05, 3.63) is 21.0 Å². The quantitative estimate of drug-likeness (QED) is 0.833. The summed E-state index contributed by atoms with van der Waals surface area (Å²) in [7, 11) is 0. The molecule has 1 heterocycles. The maximum Gasteiger partial charge on any atom is 0.283 e. The Morgan fingerprint density at radius 1 is 1.56 bits per heavy atom. The Balaban J connectivity index is 2.79. The van der Waals surface area contributed by atoms with Gasteiger partial charge in [0, 0.05) is 18.3 Å². The van der Waals surface area contributed by atoms with Gasteiger partial charge in [0.2, 0.25) is 0 Å². The predicted molar refractivity (Wildman–Crippen MR) is 82.6 cm³/mol. The van der Waals surface area contributed by atoms with E-state index >= 15 is 0 Å². The van der Waals surface area contributed by atoms with Crippen LogP contribution in [-0.2, 0) is 6.54 Å². The standard InChI is InChI=1S/C12H20BrN3OS/c1-4-6-16-12(17)11(13)10(7-14-16)15-9(3)8-18-5-2/h7,9,15H,4-6,8H2,1-3H3. The first kappa shape index (κ1) is 15.6. The number of thioether (sulfide) groups is 1. The number of hydrogen-bond donors (Lipinski definition) is 1. The van der Waals surface area contributed by atoms with Gasteiger partial charge < -0.3 is 5.32 Å². The normalized spacial score (nSPS) is 12.4. The van der Waals surface area contributed by atoms with Crippen LogP contribution in [0.4, 0.5) is 5.69 Å². The zero-order chi connectivity index (χ0) is 13.5. The second kappa shape index (κ2) is 7.84. The molecule has 6 heteroatoms. The molecule has 0 aliphatic heterocycles. The van der Waals surface area contributed by atoms with Gasteiger partial charge in [-0.25, -0.2) is 4.68 Å². The molecule has 0 aliphatic rings. The highest BCUT2D eigenvalue weighted by Gasteiger charge is 2.10. The van der Waals surface area contributed by atoms with E-state index in [0.29, 0.717) is 17.1 Å². The molecule has 0 saturated carbocycles. The van der Waals surface area contributed by atoms with Crippen LogP contribution in [0, 0.1) is 0 Å². The van der Waals surface area contributed by atoms with E-state index in [9.17, 15) is 4.79 Å². The summed E-state index contributed by atoms with van der Waals surface area (Å²) in [4.78, 5) is 12.0. The average molecular weight is 334 g/mol. The van der Waals surface area contributed by atoms with Crippen molar-refractivity contribution in [3.63, 3.8) is 0 Å². The van der Waals surface area contributed by atoms with Crippen molar-refractivity contribution >= 4 is 33.4 Å². The summed E-state index contributed by atoms with van der Waals surface area (Å²) in [5, 5.41) is 7.48. The SMILES string of the molecule is CCCn1ncc(NC(C)CSCC)c(Br)c1=O. The van der Waals surface area contributed by atoms with Gasteiger partial charge in [-0.3, -0.25) is 4.79 Å². The van der Waals surface area contributed by atoms with Crippen LogP contribution in [0.2, 0.25) is 0 Å². The number of nitrogens with one attached hydrogen (secondary N) is 1. The number of rotatable bonds is 7. The van der Waals surface area contributed by atoms with Crippen molar-refractivity contribution in [2.24, 2.45) is 0 Å². The first-order valence-corrected chi connectivity index (χ1v) is 8.14. The Morgan fingerprint density at radius 3 is 2.89 bits per heavy atom. The van der Waals surface area contributed by atoms with Gasteiger partial charge in [-0.2, -0.15) is 16.9 Å². The molecule has 1 aromatic rings. The van der Waals surface area contributed by atoms with Crippen molar-refractivity contribution in [1.82, 2.24) is 9.78 Å². The van der Waals surface area contributed by atoms with E-state index in [0.717, 1.165) is 23.6 Å². The topological polar surface area (TPSA) is 46.9 Å². The van der Waals surface area contributed by atoms with Crippen molar-refractivity contribution in [1.29, 1.82) is 0 Å². The third kappa shape index (κ3) is 4.31. The Morgan fingerprint density at radius 2 is 2.28 bits per heavy atom. The first-order chi connectivity index (χ1) is 8.60. The fourth-order valence-electron chi connectivity index (χ4n) is 1.54. The van der Waals surface area contributed by atoms with E-state index in [1.807, 2.05) is 18.7 Å². The molecule has 0 amide bonds. The molecule has 1 atom stereocenters. The van der Waals surface area contributed by atoms with Crippen LogP contribution in [-0.4, -0.2) is 27.3 Å². The molecular weight excluding hydrogens is 314 g/mol. The van der Waals surface area contributed by atoms with E-state index in [1.54, 1.807) is 6.20 Å². The molecule has 1 unspecified atom stereocenters. The monoisotopic (exact) mass is 333 g/mol. The third-order valence-electron chi connectivity index (χ3n) is 2.39. The average Bonchev–Trinajstić information content (AvgIpc) is 2.36. The summed E-state index contributed by atoms with van der Waals surface area (Å²) < 4.78 is 2.06. The maximum absolute atomic E-state index is 12.0. The van der Waals surface area contributed by atoms with Crippen molar-refractivity contribution in [3.8, 4) is 0 Å². The second-order valence-electron chi connectivity index (χ2n) is 4.11. The molecule has 0 radical (unpaired) electrons. The fourth-order valence-corrected chi connectivity index (χ4v) is 2.63. The van der Waals surface area contributed by atoms with E-state index in [1.165, 1.54) is 4.68 Å². The predicted octanol–water partition coefficient (Wildman–Crippen LogP) is 2.97. The zero-order valence-corrected chi connectivity index (χ0v) is 13.5. The van der Waals surface area contributed by atoms with Gasteiger partial charge in [0.15, 0.2) is 0 Å². The molecule has 102 valence electrons. The van der Waals surface area contributed by atoms with Crippen molar-refractivity contribution in [2.45, 2.75) is 39.8 Å². The van der Waals surface area contributed by atoms with Crippen LogP contribution in [0.15, 0.2) is 15.5 Å². The summed E-state index contributed by atoms with van der Waals surface area (Å²) in [6, 6.07) is 0.314. The highest BCUT2D eigenvalue weighted by molar-refractivity contribution is 9.10. The molecular formula is C12H20BrN3OS. The first-order valence-electron chi connectivity index (χ1n) is 6.20. The molecule has 18 heavy (non-hydrogen) atoms. The van der Waals surface area contributed by atoms with Crippen molar-refractivity contribution < 1.29 is 0 Å². The third-order valence-corrected chi connectivity index (χ3v) is 4.30. The molecule has 1 rings (SSSR count). The Kier molecular flexibility index (Phi) is 6.78. The van der Waals surface area contributed by atoms with Gasteiger partial charge in [-0.05, 0) is 35.0 Å². The smallest absolute Gasteiger partial charge is 0.283 e. The summed E-state index contributed by atoms with van der Waals surface area (Å²) >= 11 is 5.23. The fraction of sp³-hybridized carbons (Fsp3) is 0.667. The van der Waals surface area contributed by atoms with Crippen LogP contribution in [0.25, 0.3) is 0 Å². The largest absolute Gasteiger partial charge is 0.379 e. The van der Waals surface area contributed by atoms with E-state index in [-0.39, 0.29) is 5.56 Å². The van der Waals surface area contributed by atoms with Crippen LogP contribution in [0.1, 0.15) is 27.2 Å². The summed E-state index contributed by atoms with van der Waals surface area (Å²) in [6.45, 7) is 6.92. The number of anilines is 1. The van der Waals surface area contributed by atoms with E-state index < -0.39 is 0 Å². The van der Waals surface area contributed by atoms with Gasteiger partial charge in [0.25, 0.3) is 5.56 Å². The lowest BCUT2D eigenvalue weighted by Crippen LogP contribution is -2.26. The molecule has 0 saturated heterocycles. The van der Waals surface area contributed by atoms with Crippen LogP contribution in [0.3, 0.4) is 0 Å². The minimum absolute atomic E-state index is 0.0720. The molecule has 0 aliphatic carbocycles. The Hall–Kier alpha value is -0.490. The van der Waals surface area contributed by atoms with E-state index in [2.05, 4.69) is 40.2 Å². The van der Waals surface area contributed by atoms with Crippen molar-refractivity contribution in [2.75, 3.05) is 16.8 Å². The van der Waals surface area contributed by atoms with Gasteiger partial charge in [-0.1, -0.05) is 13.8 Å². The summed E-state index contributed by atoms with van der Waals surface area (Å²) in [6.07, 6.45) is 2.62. The number of aromatic nitrogens is 2. The molecule has 0 aromatic carbocycles. The molecule has 0 fully saturated rings. The zero-order valence-electron chi connectivity index (χ0n) is 11.1. The summed E-state index contributed by atoms with van der Waals surface area (Å²) in [5.41, 5.74) is 0.703. The van der Waals surface area contributed by atoms with Gasteiger partial charge >= 0.3 is 0 Å². The molecule has 1 N–H and O–H groups in total. The lowest BCUT2D eigenvalue weighted by molar-refractivity contribution is 0.565. The highest BCUT2D eigenvalue weighted by atomic mass is 79.9. The van der Waals surface area contributed by atoms with E-state index in [4.69, 9.17) is 0 Å². The lowest BCUT2D eigenvalue weighted by atomic mass is 10.3.